The first-order valence-corrected chi connectivity index (χ1v) is 4.49. The van der Waals surface area contributed by atoms with Gasteiger partial charge in [0.25, 0.3) is 11.8 Å². The summed E-state index contributed by atoms with van der Waals surface area (Å²) in [6.45, 7) is 0. The molecule has 0 saturated heterocycles. The quantitative estimate of drug-likeness (QED) is 0.324. The van der Waals surface area contributed by atoms with E-state index >= 15 is 0 Å². The summed E-state index contributed by atoms with van der Waals surface area (Å²) >= 11 is 0. The molecular formula is C8H8B3NO2. The molecular weight excluding hydrogens is 175 g/mol. The van der Waals surface area contributed by atoms with Gasteiger partial charge in [-0.3, -0.25) is 14.9 Å². The fraction of sp³-hybridized carbons (Fsp3) is 0. The fourth-order valence-corrected chi connectivity index (χ4v) is 1.79. The maximum absolute atomic E-state index is 11.4. The summed E-state index contributed by atoms with van der Waals surface area (Å²) in [5.74, 6) is -0.554. The molecule has 0 saturated carbocycles. The van der Waals surface area contributed by atoms with Gasteiger partial charge in [0.05, 0.1) is 5.56 Å². The maximum Gasteiger partial charge on any atom is 0.258 e. The molecule has 66 valence electrons. The molecule has 0 atom stereocenters. The summed E-state index contributed by atoms with van der Waals surface area (Å²) in [7, 11) is 5.78. The van der Waals surface area contributed by atoms with E-state index in [-0.39, 0.29) is 11.8 Å². The van der Waals surface area contributed by atoms with Crippen LogP contribution in [0.1, 0.15) is 20.7 Å². The van der Waals surface area contributed by atoms with Crippen LogP contribution in [-0.2, 0) is 0 Å². The van der Waals surface area contributed by atoms with Crippen LogP contribution in [0.2, 0.25) is 0 Å². The number of imide groups is 1. The van der Waals surface area contributed by atoms with Gasteiger partial charge in [-0.1, -0.05) is 17.0 Å². The average molecular weight is 183 g/mol. The first-order valence-electron chi connectivity index (χ1n) is 4.49. The van der Waals surface area contributed by atoms with Crippen LogP contribution < -0.4 is 21.7 Å². The molecule has 2 rings (SSSR count). The van der Waals surface area contributed by atoms with Crippen molar-refractivity contribution in [2.45, 2.75) is 0 Å². The van der Waals surface area contributed by atoms with Crippen LogP contribution in [0.3, 0.4) is 0 Å². The first-order chi connectivity index (χ1) is 6.52. The van der Waals surface area contributed by atoms with Crippen LogP contribution in [0.5, 0.6) is 0 Å². The number of nitrogens with one attached hydrogen (secondary N) is 1. The second-order valence-electron chi connectivity index (χ2n) is 3.65. The van der Waals surface area contributed by atoms with Gasteiger partial charge < -0.3 is 0 Å². The average Bonchev–Trinajstić information content (AvgIpc) is 2.38. The van der Waals surface area contributed by atoms with Crippen LogP contribution in [0, 0.1) is 0 Å². The van der Waals surface area contributed by atoms with Gasteiger partial charge in [0.2, 0.25) is 0 Å². The fourth-order valence-electron chi connectivity index (χ4n) is 1.79. The molecule has 0 aliphatic carbocycles. The predicted molar refractivity (Wildman–Crippen MR) is 62.8 cm³/mol. The Hall–Kier alpha value is -1.45. The van der Waals surface area contributed by atoms with E-state index in [0.717, 1.165) is 16.4 Å². The van der Waals surface area contributed by atoms with Gasteiger partial charge >= 0.3 is 0 Å². The minimum atomic E-state index is -0.281. The summed E-state index contributed by atoms with van der Waals surface area (Å²) in [4.78, 5) is 22.8. The second-order valence-corrected chi connectivity index (χ2v) is 3.65. The van der Waals surface area contributed by atoms with Gasteiger partial charge in [-0.15, -0.1) is 5.46 Å². The van der Waals surface area contributed by atoms with E-state index in [1.807, 2.05) is 23.5 Å². The van der Waals surface area contributed by atoms with Gasteiger partial charge in [-0.2, -0.15) is 0 Å². The van der Waals surface area contributed by atoms with Crippen molar-refractivity contribution in [1.29, 1.82) is 0 Å². The summed E-state index contributed by atoms with van der Waals surface area (Å²) in [6.07, 6.45) is 0. The van der Waals surface area contributed by atoms with Gasteiger partial charge in [0.15, 0.2) is 0 Å². The lowest BCUT2D eigenvalue weighted by molar-refractivity contribution is 0.0880. The summed E-state index contributed by atoms with van der Waals surface area (Å²) in [5.41, 5.74) is 4.08. The van der Waals surface area contributed by atoms with Gasteiger partial charge in [-0.05, 0) is 0 Å². The zero-order valence-electron chi connectivity index (χ0n) is 8.39. The molecule has 0 radical (unpaired) electrons. The number of benzene rings is 1. The highest BCUT2D eigenvalue weighted by Crippen LogP contribution is 2.09. The minimum absolute atomic E-state index is 0.273. The molecule has 1 aromatic carbocycles. The van der Waals surface area contributed by atoms with Crippen LogP contribution in [-0.4, -0.2) is 35.4 Å². The number of carbonyl (C=O) groups excluding carboxylic acids is 2. The molecule has 6 heteroatoms. The molecule has 0 fully saturated rings. The second kappa shape index (κ2) is 2.77. The Labute approximate surface area is 84.5 Å². The zero-order chi connectivity index (χ0) is 10.5. The minimum Gasteiger partial charge on any atom is -0.288 e. The van der Waals surface area contributed by atoms with Crippen molar-refractivity contribution < 1.29 is 9.59 Å². The van der Waals surface area contributed by atoms with Crippen molar-refractivity contribution in [1.82, 2.24) is 5.32 Å². The molecule has 1 aliphatic rings. The Bertz CT molecular complexity index is 470. The summed E-state index contributed by atoms with van der Waals surface area (Å²) in [6, 6.07) is 1.78. The van der Waals surface area contributed by atoms with Gasteiger partial charge in [0.1, 0.15) is 23.5 Å². The molecule has 1 heterocycles. The Morgan fingerprint density at radius 3 is 2.29 bits per heavy atom. The molecule has 0 unspecified atom stereocenters. The monoisotopic (exact) mass is 183 g/mol. The lowest BCUT2D eigenvalue weighted by Gasteiger charge is -2.08. The lowest BCUT2D eigenvalue weighted by atomic mass is 9.69. The van der Waals surface area contributed by atoms with E-state index in [1.165, 1.54) is 0 Å². The highest BCUT2D eigenvalue weighted by Gasteiger charge is 2.28. The van der Waals surface area contributed by atoms with E-state index < -0.39 is 0 Å². The molecule has 0 spiro atoms. The van der Waals surface area contributed by atoms with Crippen molar-refractivity contribution in [3.63, 3.8) is 0 Å². The molecule has 1 N–H and O–H groups in total. The highest BCUT2D eigenvalue weighted by atomic mass is 16.2. The van der Waals surface area contributed by atoms with E-state index in [0.29, 0.717) is 11.1 Å². The normalized spacial score (nSPS) is 14.0. The van der Waals surface area contributed by atoms with Crippen LogP contribution in [0.4, 0.5) is 0 Å². The Kier molecular flexibility index (Phi) is 1.81. The van der Waals surface area contributed by atoms with E-state index in [4.69, 9.17) is 0 Å². The van der Waals surface area contributed by atoms with Crippen molar-refractivity contribution in [2.75, 3.05) is 0 Å². The van der Waals surface area contributed by atoms with Crippen molar-refractivity contribution in [2.24, 2.45) is 0 Å². The summed E-state index contributed by atoms with van der Waals surface area (Å²) < 4.78 is 0. The third kappa shape index (κ3) is 1.03. The van der Waals surface area contributed by atoms with Crippen LogP contribution in [0.15, 0.2) is 6.07 Å². The van der Waals surface area contributed by atoms with Crippen molar-refractivity contribution in [3.8, 4) is 0 Å². The molecule has 1 aromatic rings. The smallest absolute Gasteiger partial charge is 0.258 e. The number of hydrogen-bond acceptors (Lipinski definition) is 2. The third-order valence-electron chi connectivity index (χ3n) is 2.86. The number of fused-ring (bicyclic) bond motifs is 1. The van der Waals surface area contributed by atoms with E-state index in [9.17, 15) is 9.59 Å². The van der Waals surface area contributed by atoms with E-state index in [2.05, 4.69) is 5.32 Å². The van der Waals surface area contributed by atoms with Crippen LogP contribution in [0.25, 0.3) is 0 Å². The SMILES string of the molecule is Bc1cc2c(c(B)c1B)C(=O)NC2=O. The number of hydrogen-bond donors (Lipinski definition) is 1. The molecule has 0 aromatic heterocycles. The number of carbonyl (C=O) groups is 2. The maximum atomic E-state index is 11.4. The highest BCUT2D eigenvalue weighted by molar-refractivity contribution is 6.59. The predicted octanol–water partition coefficient (Wildman–Crippen LogP) is -4.65. The molecule has 14 heavy (non-hydrogen) atoms. The number of rotatable bonds is 0. The summed E-state index contributed by atoms with van der Waals surface area (Å²) in [5, 5.41) is 2.30. The van der Waals surface area contributed by atoms with Crippen LogP contribution >= 0.6 is 0 Å². The zero-order valence-corrected chi connectivity index (χ0v) is 8.39. The largest absolute Gasteiger partial charge is 0.288 e. The van der Waals surface area contributed by atoms with Crippen molar-refractivity contribution >= 4 is 51.7 Å². The number of amides is 2. The standard InChI is InChI=1S/C8H8B3NO2/c9-3-1-2-4(6(11)5(3)10)8(14)12-7(2)13/h1H,9-11H2,(H,12,13,14). The molecule has 0 bridgehead atoms. The topological polar surface area (TPSA) is 46.2 Å². The van der Waals surface area contributed by atoms with Crippen molar-refractivity contribution in [3.05, 3.63) is 17.2 Å². The lowest BCUT2D eigenvalue weighted by Crippen LogP contribution is -2.42. The van der Waals surface area contributed by atoms with Gasteiger partial charge in [0, 0.05) is 5.56 Å². The molecule has 2 amide bonds. The first kappa shape index (κ1) is 9.12. The molecule has 3 nitrogen and oxygen atoms in total. The van der Waals surface area contributed by atoms with E-state index in [1.54, 1.807) is 6.07 Å². The Morgan fingerprint density at radius 1 is 1.00 bits per heavy atom. The Balaban J connectivity index is 2.82. The van der Waals surface area contributed by atoms with Gasteiger partial charge in [-0.25, -0.2) is 0 Å². The molecule has 1 aliphatic heterocycles. The Morgan fingerprint density at radius 2 is 1.64 bits per heavy atom. The third-order valence-corrected chi connectivity index (χ3v) is 2.86.